The summed E-state index contributed by atoms with van der Waals surface area (Å²) in [5.41, 5.74) is 5.52. The molecule has 0 aliphatic rings. The molecule has 0 amide bonds. The van der Waals surface area contributed by atoms with Crippen molar-refractivity contribution in [2.45, 2.75) is 25.7 Å². The summed E-state index contributed by atoms with van der Waals surface area (Å²) in [4.78, 5) is 0. The van der Waals surface area contributed by atoms with Crippen molar-refractivity contribution in [3.63, 3.8) is 0 Å². The molecule has 0 atom stereocenters. The van der Waals surface area contributed by atoms with Crippen molar-refractivity contribution in [1.82, 2.24) is 0 Å². The van der Waals surface area contributed by atoms with Crippen LogP contribution < -0.4 is 48.0 Å². The zero-order valence-corrected chi connectivity index (χ0v) is 22.8. The second-order valence-corrected chi connectivity index (χ2v) is 9.63. The van der Waals surface area contributed by atoms with Gasteiger partial charge in [0.05, 0.1) is 55.4 Å². The van der Waals surface area contributed by atoms with E-state index < -0.39 is 0 Å². The van der Waals surface area contributed by atoms with Crippen molar-refractivity contribution in [2.24, 2.45) is 0 Å². The van der Waals surface area contributed by atoms with E-state index in [1.165, 1.54) is 61.0 Å². The third-order valence-corrected chi connectivity index (χ3v) is 4.83. The van der Waals surface area contributed by atoms with Gasteiger partial charge in [-0.2, -0.15) is 0 Å². The first-order valence-corrected chi connectivity index (χ1v) is 9.92. The van der Waals surface area contributed by atoms with Crippen molar-refractivity contribution in [1.29, 1.82) is 0 Å². The van der Waals surface area contributed by atoms with E-state index in [0.29, 0.717) is 0 Å². The molecular weight excluding hydrogens is 570 g/mol. The number of halogens is 2. The molecule has 0 spiro atoms. The van der Waals surface area contributed by atoms with Crippen LogP contribution in [-0.4, -0.2) is 64.3 Å². The van der Waals surface area contributed by atoms with Crippen LogP contribution in [0.2, 0.25) is 0 Å². The van der Waals surface area contributed by atoms with Gasteiger partial charge in [0.2, 0.25) is 0 Å². The molecule has 0 N–H and O–H groups in total. The molecule has 0 aliphatic heterocycles. The number of hydrogen-bond donors (Lipinski definition) is 0. The maximum absolute atomic E-state index is 2.29. The maximum atomic E-state index is 2.29. The number of benzene rings is 2. The van der Waals surface area contributed by atoms with Gasteiger partial charge in [-0.3, -0.25) is 0 Å². The lowest BCUT2D eigenvalue weighted by Gasteiger charge is -2.23. The third kappa shape index (κ3) is 11.1. The number of nitrogens with zero attached hydrogens (tertiary/aromatic N) is 2. The maximum Gasteiger partial charge on any atom is 0.0783 e. The van der Waals surface area contributed by atoms with E-state index in [-0.39, 0.29) is 48.0 Å². The van der Waals surface area contributed by atoms with Gasteiger partial charge in [-0.05, 0) is 35.1 Å². The smallest absolute Gasteiger partial charge is 0.0783 e. The number of aryl methyl sites for hydroxylation is 2. The fourth-order valence-electron chi connectivity index (χ4n) is 3.24. The molecule has 0 radical (unpaired) electrons. The summed E-state index contributed by atoms with van der Waals surface area (Å²) in [5.74, 6) is 0. The van der Waals surface area contributed by atoms with Crippen LogP contribution in [-0.2, 0) is 12.8 Å². The van der Waals surface area contributed by atoms with Gasteiger partial charge in [-0.15, -0.1) is 0 Å². The second kappa shape index (κ2) is 12.5. The van der Waals surface area contributed by atoms with Crippen LogP contribution in [0.1, 0.15) is 24.0 Å². The zero-order valence-electron chi connectivity index (χ0n) is 18.5. The average molecular weight is 608 g/mol. The van der Waals surface area contributed by atoms with E-state index in [4.69, 9.17) is 0 Å². The molecule has 2 aromatic rings. The normalized spacial score (nSPS) is 11.5. The van der Waals surface area contributed by atoms with E-state index >= 15 is 0 Å². The van der Waals surface area contributed by atoms with Gasteiger partial charge in [-0.25, -0.2) is 0 Å². The lowest BCUT2D eigenvalue weighted by molar-refractivity contribution is -0.870. The first-order chi connectivity index (χ1) is 12.1. The number of hydrogen-bond acceptors (Lipinski definition) is 0. The monoisotopic (exact) mass is 608 g/mol. The highest BCUT2D eigenvalue weighted by Gasteiger charge is 2.07. The van der Waals surface area contributed by atoms with Gasteiger partial charge in [0.25, 0.3) is 0 Å². The largest absolute Gasteiger partial charge is 1.00 e. The Kier molecular flexibility index (Phi) is 12.4. The van der Waals surface area contributed by atoms with Crippen LogP contribution in [0.3, 0.4) is 0 Å². The molecule has 2 aromatic carbocycles. The highest BCUT2D eigenvalue weighted by Crippen LogP contribution is 2.21. The van der Waals surface area contributed by atoms with Gasteiger partial charge in [0, 0.05) is 12.8 Å². The minimum atomic E-state index is 0. The van der Waals surface area contributed by atoms with Crippen LogP contribution in [0, 0.1) is 0 Å². The van der Waals surface area contributed by atoms with Gasteiger partial charge >= 0.3 is 0 Å². The van der Waals surface area contributed by atoms with Crippen LogP contribution in [0.4, 0.5) is 0 Å². The van der Waals surface area contributed by atoms with E-state index in [1.54, 1.807) is 0 Å². The van der Waals surface area contributed by atoms with Gasteiger partial charge in [0.15, 0.2) is 0 Å². The Morgan fingerprint density at radius 2 is 0.786 bits per heavy atom. The Labute approximate surface area is 207 Å². The van der Waals surface area contributed by atoms with Gasteiger partial charge < -0.3 is 56.9 Å². The SMILES string of the molecule is C[N+](C)(C)CCCc1ccc(-c2ccc(CCC[N+](C)(C)C)cc2)cc1.[I-].[I-]. The van der Waals surface area contributed by atoms with Crippen molar-refractivity contribution in [3.8, 4) is 11.1 Å². The van der Waals surface area contributed by atoms with Crippen LogP contribution in [0.25, 0.3) is 11.1 Å². The predicted octanol–water partition coefficient (Wildman–Crippen LogP) is -1.36. The molecule has 0 aliphatic carbocycles. The molecule has 0 saturated carbocycles. The molecule has 2 nitrogen and oxygen atoms in total. The minimum absolute atomic E-state index is 0. The molecule has 0 saturated heterocycles. The molecule has 0 unspecified atom stereocenters. The minimum Gasteiger partial charge on any atom is -1.00 e. The average Bonchev–Trinajstić information content (AvgIpc) is 2.54. The summed E-state index contributed by atoms with van der Waals surface area (Å²) >= 11 is 0. The Bertz CT molecular complexity index is 604. The molecule has 0 heterocycles. The van der Waals surface area contributed by atoms with E-state index in [1.807, 2.05) is 0 Å². The lowest BCUT2D eigenvalue weighted by atomic mass is 10.00. The van der Waals surface area contributed by atoms with Crippen molar-refractivity contribution >= 4 is 0 Å². The van der Waals surface area contributed by atoms with E-state index in [9.17, 15) is 0 Å². The molecule has 2 rings (SSSR count). The Hall–Kier alpha value is -0.180. The molecule has 28 heavy (non-hydrogen) atoms. The Morgan fingerprint density at radius 1 is 0.500 bits per heavy atom. The topological polar surface area (TPSA) is 0 Å². The molecular formula is C24H38I2N2. The summed E-state index contributed by atoms with van der Waals surface area (Å²) in [6.45, 7) is 2.44. The summed E-state index contributed by atoms with van der Waals surface area (Å²) in [5, 5.41) is 0. The Balaban J connectivity index is 0.00000364. The number of rotatable bonds is 9. The fraction of sp³-hybridized carbons (Fsp3) is 0.500. The van der Waals surface area contributed by atoms with Crippen LogP contribution in [0.15, 0.2) is 48.5 Å². The summed E-state index contributed by atoms with van der Waals surface area (Å²) in [6, 6.07) is 18.3. The zero-order chi connectivity index (χ0) is 19.2. The van der Waals surface area contributed by atoms with Gasteiger partial charge in [-0.1, -0.05) is 48.5 Å². The predicted molar refractivity (Wildman–Crippen MR) is 114 cm³/mol. The van der Waals surface area contributed by atoms with Crippen molar-refractivity contribution < 1.29 is 56.9 Å². The first-order valence-electron chi connectivity index (χ1n) is 9.92. The van der Waals surface area contributed by atoms with Crippen LogP contribution in [0.5, 0.6) is 0 Å². The fourth-order valence-corrected chi connectivity index (χ4v) is 3.24. The summed E-state index contributed by atoms with van der Waals surface area (Å²) in [7, 11) is 13.6. The third-order valence-electron chi connectivity index (χ3n) is 4.83. The standard InChI is InChI=1S/C24H38N2.2HI/c1-25(2,3)19-7-9-21-11-15-23(16-12-21)24-17-13-22(14-18-24)10-8-20-26(4,5)6;;/h11-18H,7-10,19-20H2,1-6H3;2*1H/q+2;;/p-2. The van der Waals surface area contributed by atoms with Crippen molar-refractivity contribution in [2.75, 3.05) is 55.4 Å². The quantitative estimate of drug-likeness (QED) is 0.244. The molecule has 4 heteroatoms. The summed E-state index contributed by atoms with van der Waals surface area (Å²) < 4.78 is 2.08. The highest BCUT2D eigenvalue weighted by atomic mass is 127. The second-order valence-electron chi connectivity index (χ2n) is 9.63. The number of quaternary nitrogens is 2. The van der Waals surface area contributed by atoms with E-state index in [2.05, 4.69) is 90.8 Å². The summed E-state index contributed by atoms with van der Waals surface area (Å²) in [6.07, 6.45) is 4.82. The van der Waals surface area contributed by atoms with Crippen molar-refractivity contribution in [3.05, 3.63) is 59.7 Å². The highest BCUT2D eigenvalue weighted by molar-refractivity contribution is 5.63. The molecule has 0 fully saturated rings. The molecule has 0 bridgehead atoms. The lowest BCUT2D eigenvalue weighted by Crippen LogP contribution is -3.00. The van der Waals surface area contributed by atoms with Gasteiger partial charge in [0.1, 0.15) is 0 Å². The van der Waals surface area contributed by atoms with Crippen LogP contribution >= 0.6 is 0 Å². The Morgan fingerprint density at radius 3 is 1.04 bits per heavy atom. The molecule has 0 aromatic heterocycles. The van der Waals surface area contributed by atoms with E-state index in [0.717, 1.165) is 8.97 Å². The first kappa shape index (κ1) is 27.8. The molecule has 158 valence electrons.